The molecule has 0 bridgehead atoms. The molecule has 0 unspecified atom stereocenters. The second-order valence-corrected chi connectivity index (χ2v) is 15.1. The van der Waals surface area contributed by atoms with Gasteiger partial charge in [-0.3, -0.25) is 9.59 Å². The molecular weight excluding hydrogens is 914 g/mol. The Morgan fingerprint density at radius 1 is 0.738 bits per heavy atom. The van der Waals surface area contributed by atoms with Gasteiger partial charge in [0, 0.05) is 26.7 Å². The Morgan fingerprint density at radius 3 is 1.65 bits per heavy atom. The summed E-state index contributed by atoms with van der Waals surface area (Å²) in [6.07, 6.45) is -41.7. The molecule has 2 amide bonds. The van der Waals surface area contributed by atoms with Crippen LogP contribution in [-0.4, -0.2) is 256 Å². The average molecular weight is 969 g/mol. The number of aliphatic hydroxyl groups excluding tert-OH is 14. The zero-order chi connectivity index (χ0) is 47.9. The number of aliphatic carboxylic acids is 2. The molecule has 0 aromatic carbocycles. The fourth-order valence-corrected chi connectivity index (χ4v) is 7.28. The number of carbonyl (C=O) groups is 5. The van der Waals surface area contributed by atoms with Crippen molar-refractivity contribution in [3.63, 3.8) is 0 Å². The van der Waals surface area contributed by atoms with E-state index >= 15 is 0 Å². The van der Waals surface area contributed by atoms with Crippen molar-refractivity contribution in [3.05, 3.63) is 0 Å². The molecule has 0 saturated carbocycles. The van der Waals surface area contributed by atoms with E-state index in [1.807, 2.05) is 0 Å². The number of carboxylic acid groups (broad SMARTS) is 2. The third-order valence-electron chi connectivity index (χ3n) is 10.5. The number of hydrogen-bond acceptors (Lipinski definition) is 27. The molecule has 16 N–H and O–H groups in total. The molecule has 0 radical (unpaired) electrons. The van der Waals surface area contributed by atoms with Gasteiger partial charge in [-0.05, 0) is 0 Å². The zero-order valence-corrected chi connectivity index (χ0v) is 39.4. The van der Waals surface area contributed by atoms with Crippen LogP contribution in [0, 0.1) is 0 Å². The Bertz CT molecular complexity index is 1560. The monoisotopic (exact) mass is 968 g/mol. The molecule has 3 rings (SSSR count). The molecule has 0 spiro atoms. The van der Waals surface area contributed by atoms with Crippen LogP contribution in [0.2, 0.25) is 0 Å². The van der Waals surface area contributed by atoms with Crippen LogP contribution in [-0.2, 0) is 52.4 Å². The van der Waals surface area contributed by atoms with E-state index in [1.165, 1.54) is 0 Å². The molecule has 3 aliphatic rings. The van der Waals surface area contributed by atoms with Gasteiger partial charge in [0.1, 0.15) is 97.4 Å². The standard InChI is InChI=1S/C34H56N2O27.2Na/c1-10(42)35-19-12(44)3-33(31(54)55,61-27(19)22(50)15(47)6-38)60-18(9-41)24(52)28-20(36-11(2)43)13(45)4-34(62-28,32(56)57)63-29-23(51)17(8-40)58-30(25(29)53)59-26(16(48)7-39)21(49)14(46)5-37;;/h5,12-30,38-41,44-53H,3-4,6-9H2,1-2H3,(H,35,42)(H,36,43)(H,54,55)(H,56,57);;/q;2*+1/p-2/t12-,13-,14-,15+,16+,17+,18+,19+,20+,21+,22+,23-,24+,25+,26+,27+,28+,29-,30-,33+,34-;;/m0../s1. The number of carboxylic acids is 2. The van der Waals surface area contributed by atoms with Gasteiger partial charge in [0.05, 0.1) is 50.7 Å². The van der Waals surface area contributed by atoms with Crippen LogP contribution in [0.1, 0.15) is 26.7 Å². The number of rotatable bonds is 22. The molecule has 0 aliphatic carbocycles. The molecule has 21 atom stereocenters. The summed E-state index contributed by atoms with van der Waals surface area (Å²) in [4.78, 5) is 61.0. The Labute approximate surface area is 412 Å². The van der Waals surface area contributed by atoms with Crippen LogP contribution in [0.25, 0.3) is 0 Å². The van der Waals surface area contributed by atoms with Crippen molar-refractivity contribution in [1.82, 2.24) is 10.6 Å². The first-order chi connectivity index (χ1) is 29.4. The van der Waals surface area contributed by atoms with Gasteiger partial charge < -0.3 is 135 Å². The van der Waals surface area contributed by atoms with E-state index in [4.69, 9.17) is 28.4 Å². The molecule has 364 valence electrons. The molecule has 0 aromatic rings. The number of hydrogen-bond donors (Lipinski definition) is 16. The minimum absolute atomic E-state index is 0. The molecule has 65 heavy (non-hydrogen) atoms. The van der Waals surface area contributed by atoms with Gasteiger partial charge in [0.15, 0.2) is 12.6 Å². The van der Waals surface area contributed by atoms with E-state index < -0.39 is 191 Å². The fraction of sp³-hybridized carbons (Fsp3) is 0.853. The van der Waals surface area contributed by atoms with Gasteiger partial charge >= 0.3 is 59.1 Å². The van der Waals surface area contributed by atoms with E-state index in [1.54, 1.807) is 0 Å². The molecule has 29 nitrogen and oxygen atoms in total. The van der Waals surface area contributed by atoms with Gasteiger partial charge in [-0.2, -0.15) is 0 Å². The van der Waals surface area contributed by atoms with E-state index in [2.05, 4.69) is 10.6 Å². The van der Waals surface area contributed by atoms with Gasteiger partial charge in [-0.15, -0.1) is 0 Å². The summed E-state index contributed by atoms with van der Waals surface area (Å²) in [5.74, 6) is -13.6. The average Bonchev–Trinajstić information content (AvgIpc) is 3.23. The molecule has 3 saturated heterocycles. The van der Waals surface area contributed by atoms with E-state index in [0.29, 0.717) is 0 Å². The third kappa shape index (κ3) is 14.4. The van der Waals surface area contributed by atoms with Crippen LogP contribution in [0.5, 0.6) is 0 Å². The second kappa shape index (κ2) is 26.7. The summed E-state index contributed by atoms with van der Waals surface area (Å²) in [7, 11) is 0. The van der Waals surface area contributed by atoms with Crippen molar-refractivity contribution in [2.75, 3.05) is 26.4 Å². The summed E-state index contributed by atoms with van der Waals surface area (Å²) in [6.45, 7) is -3.23. The smallest absolute Gasteiger partial charge is 0.544 e. The Balaban J connectivity index is 0.0000106. The normalized spacial score (nSPS) is 36.4. The Hall–Kier alpha value is -1.25. The first kappa shape index (κ1) is 61.8. The van der Waals surface area contributed by atoms with Gasteiger partial charge in [-0.1, -0.05) is 0 Å². The van der Waals surface area contributed by atoms with Gasteiger partial charge in [-0.25, -0.2) is 0 Å². The Kier molecular flexibility index (Phi) is 25.3. The van der Waals surface area contributed by atoms with E-state index in [-0.39, 0.29) is 65.4 Å². The summed E-state index contributed by atoms with van der Waals surface area (Å²) >= 11 is 0. The fourth-order valence-electron chi connectivity index (χ4n) is 7.28. The number of aliphatic hydroxyl groups is 14. The molecule has 31 heteroatoms. The third-order valence-corrected chi connectivity index (χ3v) is 10.5. The largest absolute Gasteiger partial charge is 1.00 e. The van der Waals surface area contributed by atoms with Gasteiger partial charge in [0.25, 0.3) is 0 Å². The molecule has 3 heterocycles. The number of amides is 2. The predicted octanol–water partition coefficient (Wildman–Crippen LogP) is -19.9. The van der Waals surface area contributed by atoms with Crippen molar-refractivity contribution in [2.45, 2.75) is 154 Å². The van der Waals surface area contributed by atoms with Gasteiger partial charge in [0.2, 0.25) is 23.4 Å². The first-order valence-corrected chi connectivity index (χ1v) is 19.1. The summed E-state index contributed by atoms with van der Waals surface area (Å²) in [6, 6.07) is -3.68. The van der Waals surface area contributed by atoms with Crippen LogP contribution in [0.3, 0.4) is 0 Å². The second-order valence-electron chi connectivity index (χ2n) is 15.1. The van der Waals surface area contributed by atoms with E-state index in [0.717, 1.165) is 13.8 Å². The maximum Gasteiger partial charge on any atom is 1.00 e. The predicted molar refractivity (Wildman–Crippen MR) is 187 cm³/mol. The van der Waals surface area contributed by atoms with Crippen LogP contribution in [0.4, 0.5) is 0 Å². The first-order valence-electron chi connectivity index (χ1n) is 19.1. The minimum atomic E-state index is -3.50. The minimum Gasteiger partial charge on any atom is -0.544 e. The van der Waals surface area contributed by atoms with Crippen molar-refractivity contribution < 1.29 is 193 Å². The van der Waals surface area contributed by atoms with Crippen LogP contribution >= 0.6 is 0 Å². The molecule has 3 aliphatic heterocycles. The molecule has 3 fully saturated rings. The SMILES string of the molecule is CC(=O)N[C@H]1[C@H]([C@H](O)[C@H](O)CO)O[C@@](O[C@H](CO)[C@@H](O)[C@@H]2O[C@@](O[C@H]3[C@@H](O)[C@@H](CO)O[C@@H](O[C@@H]([C@H](O)[C@@H](O)C=O)[C@H](O)CO)[C@@H]3O)(C(=O)[O-])C[C@H](O)[C@H]2NC(C)=O)(C(=O)[O-])C[C@@H]1O.[Na+].[Na+]. The Morgan fingerprint density at radius 2 is 1.22 bits per heavy atom. The van der Waals surface area contributed by atoms with Crippen molar-refractivity contribution in [1.29, 1.82) is 0 Å². The quantitative estimate of drug-likeness (QED) is 0.0354. The number of ether oxygens (including phenoxy) is 6. The summed E-state index contributed by atoms with van der Waals surface area (Å²) < 4.78 is 32.6. The molecular formula is C34H54N2Na2O27. The number of nitrogens with one attached hydrogen (secondary N) is 2. The summed E-state index contributed by atoms with van der Waals surface area (Å²) in [5, 5.41) is 177. The zero-order valence-electron chi connectivity index (χ0n) is 35.4. The van der Waals surface area contributed by atoms with E-state index in [9.17, 15) is 106 Å². The number of carbonyl (C=O) groups excluding carboxylic acids is 5. The van der Waals surface area contributed by atoms with Crippen LogP contribution in [0.15, 0.2) is 0 Å². The maximum absolute atomic E-state index is 13.0. The topological polar surface area (TPSA) is 494 Å². The molecule has 0 aromatic heterocycles. The van der Waals surface area contributed by atoms with Crippen molar-refractivity contribution in [3.8, 4) is 0 Å². The van der Waals surface area contributed by atoms with Crippen molar-refractivity contribution >= 4 is 30.0 Å². The van der Waals surface area contributed by atoms with Crippen molar-refractivity contribution in [2.24, 2.45) is 0 Å². The maximum atomic E-state index is 13.0. The van der Waals surface area contributed by atoms with Crippen LogP contribution < -0.4 is 80.0 Å². The number of aldehydes is 1. The summed E-state index contributed by atoms with van der Waals surface area (Å²) in [5.41, 5.74) is 0.